The van der Waals surface area contributed by atoms with Gasteiger partial charge in [-0.1, -0.05) is 12.1 Å². The molecule has 2 heterocycles. The lowest BCUT2D eigenvalue weighted by molar-refractivity contribution is -0.136. The maximum atomic E-state index is 12.8. The van der Waals surface area contributed by atoms with Crippen LogP contribution < -0.4 is 9.47 Å². The fraction of sp³-hybridized carbons (Fsp3) is 0.360. The van der Waals surface area contributed by atoms with Gasteiger partial charge in [-0.05, 0) is 55.3 Å². The Hall–Kier alpha value is -3.32. The summed E-state index contributed by atoms with van der Waals surface area (Å²) >= 11 is 0. The summed E-state index contributed by atoms with van der Waals surface area (Å²) in [5.74, 6) is 3.12. The molecule has 1 aliphatic heterocycles. The van der Waals surface area contributed by atoms with Gasteiger partial charge < -0.3 is 18.8 Å². The minimum absolute atomic E-state index is 0.117. The molecule has 7 heteroatoms. The Labute approximate surface area is 188 Å². The number of carbonyl (C=O) groups excluding carboxylic acids is 1. The highest BCUT2D eigenvalue weighted by molar-refractivity contribution is 5.79. The Morgan fingerprint density at radius 2 is 1.88 bits per heavy atom. The second-order valence-corrected chi connectivity index (χ2v) is 8.08. The van der Waals surface area contributed by atoms with Crippen molar-refractivity contribution in [2.75, 3.05) is 33.9 Å². The minimum atomic E-state index is 0.117. The van der Waals surface area contributed by atoms with Gasteiger partial charge in [0.2, 0.25) is 11.8 Å². The van der Waals surface area contributed by atoms with Crippen molar-refractivity contribution in [1.29, 1.82) is 0 Å². The fourth-order valence-electron chi connectivity index (χ4n) is 3.97. The molecule has 0 aliphatic carbocycles. The summed E-state index contributed by atoms with van der Waals surface area (Å²) in [5, 5.41) is 0. The Balaban J connectivity index is 1.39. The summed E-state index contributed by atoms with van der Waals surface area (Å²) in [5.41, 5.74) is 3.87. The summed E-state index contributed by atoms with van der Waals surface area (Å²) in [6.45, 7) is 6.93. The molecule has 1 fully saturated rings. The highest BCUT2D eigenvalue weighted by atomic mass is 16.5. The molecule has 1 aromatic heterocycles. The predicted octanol–water partition coefficient (Wildman–Crippen LogP) is 3.82. The molecule has 1 aliphatic rings. The van der Waals surface area contributed by atoms with Gasteiger partial charge in [0.05, 0.1) is 26.5 Å². The van der Waals surface area contributed by atoms with Gasteiger partial charge in [-0.2, -0.15) is 0 Å². The average molecular weight is 436 g/mol. The van der Waals surface area contributed by atoms with Crippen molar-refractivity contribution >= 4 is 5.91 Å². The van der Waals surface area contributed by atoms with E-state index in [4.69, 9.17) is 18.9 Å². The quantitative estimate of drug-likeness (QED) is 0.562. The van der Waals surface area contributed by atoms with E-state index in [-0.39, 0.29) is 5.91 Å². The van der Waals surface area contributed by atoms with Gasteiger partial charge in [0, 0.05) is 31.7 Å². The molecule has 3 aromatic rings. The molecule has 4 rings (SSSR count). The molecule has 0 atom stereocenters. The number of ether oxygens (including phenoxy) is 2. The number of oxazole rings is 1. The van der Waals surface area contributed by atoms with Gasteiger partial charge in [-0.25, -0.2) is 4.98 Å². The van der Waals surface area contributed by atoms with E-state index < -0.39 is 0 Å². The van der Waals surface area contributed by atoms with Crippen molar-refractivity contribution in [3.8, 4) is 23.0 Å². The van der Waals surface area contributed by atoms with Gasteiger partial charge in [-0.3, -0.25) is 9.69 Å². The second kappa shape index (κ2) is 9.44. The normalized spacial score (nSPS) is 14.6. The van der Waals surface area contributed by atoms with Crippen molar-refractivity contribution in [2.24, 2.45) is 0 Å². The number of methoxy groups -OCH3 is 2. The van der Waals surface area contributed by atoms with Crippen LogP contribution in [0, 0.1) is 13.8 Å². The van der Waals surface area contributed by atoms with Crippen molar-refractivity contribution in [2.45, 2.75) is 26.9 Å². The number of aryl methyl sites for hydroxylation is 2. The summed E-state index contributed by atoms with van der Waals surface area (Å²) in [4.78, 5) is 21.5. The number of hydrogen-bond donors (Lipinski definition) is 0. The molecule has 2 aromatic carbocycles. The third-order valence-electron chi connectivity index (χ3n) is 5.81. The zero-order valence-corrected chi connectivity index (χ0v) is 19.1. The van der Waals surface area contributed by atoms with Gasteiger partial charge in [0.1, 0.15) is 17.3 Å². The highest BCUT2D eigenvalue weighted by Crippen LogP contribution is 2.27. The second-order valence-electron chi connectivity index (χ2n) is 8.08. The van der Waals surface area contributed by atoms with Crippen LogP contribution in [0.4, 0.5) is 0 Å². The number of amides is 1. The Kier molecular flexibility index (Phi) is 6.46. The molecule has 0 bridgehead atoms. The zero-order valence-electron chi connectivity index (χ0n) is 19.1. The molecule has 0 N–H and O–H groups in total. The number of piperazine rings is 1. The molecular formula is C25H29N3O4. The third kappa shape index (κ3) is 4.78. The van der Waals surface area contributed by atoms with E-state index in [1.807, 2.05) is 61.2 Å². The number of aromatic nitrogens is 1. The van der Waals surface area contributed by atoms with Crippen LogP contribution in [0.2, 0.25) is 0 Å². The SMILES string of the molecule is COc1cccc(CN2CCN(Cc3nc(-c4ccc(OC)c(C)c4)oc3C)CC2=O)c1. The third-order valence-corrected chi connectivity index (χ3v) is 5.81. The fourth-order valence-corrected chi connectivity index (χ4v) is 3.97. The number of carbonyl (C=O) groups is 1. The Morgan fingerprint density at radius 1 is 1.03 bits per heavy atom. The van der Waals surface area contributed by atoms with E-state index in [0.717, 1.165) is 46.2 Å². The van der Waals surface area contributed by atoms with E-state index in [1.54, 1.807) is 14.2 Å². The van der Waals surface area contributed by atoms with E-state index >= 15 is 0 Å². The average Bonchev–Trinajstić information content (AvgIpc) is 3.16. The van der Waals surface area contributed by atoms with Gasteiger partial charge in [0.15, 0.2) is 0 Å². The lowest BCUT2D eigenvalue weighted by Crippen LogP contribution is -2.49. The van der Waals surface area contributed by atoms with Crippen LogP contribution in [0.25, 0.3) is 11.5 Å². The van der Waals surface area contributed by atoms with E-state index in [0.29, 0.717) is 32.1 Å². The van der Waals surface area contributed by atoms with Crippen molar-refractivity contribution in [1.82, 2.24) is 14.8 Å². The van der Waals surface area contributed by atoms with Crippen LogP contribution >= 0.6 is 0 Å². The van der Waals surface area contributed by atoms with E-state index in [2.05, 4.69) is 4.90 Å². The molecule has 0 spiro atoms. The number of hydrogen-bond acceptors (Lipinski definition) is 6. The first-order chi connectivity index (χ1) is 15.5. The first kappa shape index (κ1) is 21.9. The first-order valence-corrected chi connectivity index (χ1v) is 10.7. The lowest BCUT2D eigenvalue weighted by atomic mass is 10.1. The lowest BCUT2D eigenvalue weighted by Gasteiger charge is -2.34. The van der Waals surface area contributed by atoms with Crippen LogP contribution in [-0.4, -0.2) is 54.5 Å². The monoisotopic (exact) mass is 435 g/mol. The standard InChI is InChI=1S/C25H29N3O4/c1-17-12-20(8-9-23(17)31-4)25-26-22(18(2)32-25)15-27-10-11-28(24(29)16-27)14-19-6-5-7-21(13-19)30-3/h5-9,12-13H,10-11,14-16H2,1-4H3. The van der Waals surface area contributed by atoms with Crippen molar-refractivity contribution < 1.29 is 18.7 Å². The van der Waals surface area contributed by atoms with E-state index in [1.165, 1.54) is 0 Å². The summed E-state index contributed by atoms with van der Waals surface area (Å²) in [6.07, 6.45) is 0. The molecule has 168 valence electrons. The van der Waals surface area contributed by atoms with Gasteiger partial charge >= 0.3 is 0 Å². The minimum Gasteiger partial charge on any atom is -0.497 e. The van der Waals surface area contributed by atoms with Crippen molar-refractivity contribution in [3.63, 3.8) is 0 Å². The summed E-state index contributed by atoms with van der Waals surface area (Å²) in [7, 11) is 3.31. The molecule has 1 saturated heterocycles. The Bertz CT molecular complexity index is 1110. The van der Waals surface area contributed by atoms with E-state index in [9.17, 15) is 4.79 Å². The van der Waals surface area contributed by atoms with Crippen LogP contribution in [0.1, 0.15) is 22.6 Å². The molecule has 0 saturated carbocycles. The smallest absolute Gasteiger partial charge is 0.237 e. The predicted molar refractivity (Wildman–Crippen MR) is 122 cm³/mol. The zero-order chi connectivity index (χ0) is 22.7. The Morgan fingerprint density at radius 3 is 2.59 bits per heavy atom. The van der Waals surface area contributed by atoms with Crippen LogP contribution in [-0.2, 0) is 17.9 Å². The number of rotatable bonds is 7. The van der Waals surface area contributed by atoms with Crippen LogP contribution in [0.15, 0.2) is 46.9 Å². The molecule has 1 amide bonds. The number of nitrogens with zero attached hydrogens (tertiary/aromatic N) is 3. The maximum absolute atomic E-state index is 12.8. The summed E-state index contributed by atoms with van der Waals surface area (Å²) in [6, 6.07) is 13.7. The molecule has 7 nitrogen and oxygen atoms in total. The molecule has 0 unspecified atom stereocenters. The largest absolute Gasteiger partial charge is 0.497 e. The topological polar surface area (TPSA) is 68.0 Å². The maximum Gasteiger partial charge on any atom is 0.237 e. The van der Waals surface area contributed by atoms with Crippen LogP contribution in [0.3, 0.4) is 0 Å². The first-order valence-electron chi connectivity index (χ1n) is 10.7. The molecule has 32 heavy (non-hydrogen) atoms. The number of benzene rings is 2. The highest BCUT2D eigenvalue weighted by Gasteiger charge is 2.25. The van der Waals surface area contributed by atoms with Gasteiger partial charge in [-0.15, -0.1) is 0 Å². The van der Waals surface area contributed by atoms with Crippen LogP contribution in [0.5, 0.6) is 11.5 Å². The molecular weight excluding hydrogens is 406 g/mol. The summed E-state index contributed by atoms with van der Waals surface area (Å²) < 4.78 is 16.6. The van der Waals surface area contributed by atoms with Crippen molar-refractivity contribution in [3.05, 3.63) is 65.0 Å². The van der Waals surface area contributed by atoms with Gasteiger partial charge in [0.25, 0.3) is 0 Å². The molecule has 0 radical (unpaired) electrons.